The number of imidazole rings is 1. The van der Waals surface area contributed by atoms with Crippen molar-refractivity contribution < 1.29 is 43.6 Å². The smallest absolute Gasteiger partial charge is 0.348 e. The molecule has 14 nitrogen and oxygen atoms in total. The fraction of sp³-hybridized carbons (Fsp3) is 0.440. The number of aliphatic hydroxyl groups is 1. The van der Waals surface area contributed by atoms with E-state index < -0.39 is 55.2 Å². The van der Waals surface area contributed by atoms with Crippen molar-refractivity contribution in [2.24, 2.45) is 0 Å². The molecule has 2 aliphatic heterocycles. The Morgan fingerprint density at radius 3 is 2.59 bits per heavy atom. The maximum atomic E-state index is 16.1. The summed E-state index contributed by atoms with van der Waals surface area (Å²) >= 11 is 5.84. The molecule has 1 aromatic carbocycles. The number of piperidine rings is 1. The number of carboxylic acid groups (broad SMARTS) is 2. The highest BCUT2D eigenvalue weighted by molar-refractivity contribution is 6.28. The third-order valence-electron chi connectivity index (χ3n) is 7.31. The number of amides is 1. The first kappa shape index (κ1) is 28.6. The highest BCUT2D eigenvalue weighted by Gasteiger charge is 2.55. The molecule has 3 aromatic rings. The van der Waals surface area contributed by atoms with E-state index in [1.165, 1.54) is 12.1 Å². The van der Waals surface area contributed by atoms with Gasteiger partial charge in [-0.05, 0) is 42.1 Å². The van der Waals surface area contributed by atoms with Crippen molar-refractivity contribution >= 4 is 52.1 Å². The van der Waals surface area contributed by atoms with Gasteiger partial charge in [0.05, 0.1) is 12.9 Å². The molecular formula is C25H26ClFN6O8. The van der Waals surface area contributed by atoms with Gasteiger partial charge in [0.2, 0.25) is 17.0 Å². The zero-order valence-corrected chi connectivity index (χ0v) is 22.2. The normalized spacial score (nSPS) is 23.3. The van der Waals surface area contributed by atoms with Gasteiger partial charge in [-0.25, -0.2) is 19.0 Å². The van der Waals surface area contributed by atoms with Gasteiger partial charge < -0.3 is 35.4 Å². The molecule has 2 aliphatic rings. The van der Waals surface area contributed by atoms with Gasteiger partial charge in [-0.2, -0.15) is 9.97 Å². The number of carbonyl (C=O) groups is 3. The maximum absolute atomic E-state index is 16.1. The van der Waals surface area contributed by atoms with Gasteiger partial charge in [-0.15, -0.1) is 0 Å². The zero-order valence-electron chi connectivity index (χ0n) is 21.4. The molecule has 5 rings (SSSR count). The number of aromatic nitrogens is 4. The molecule has 41 heavy (non-hydrogen) atoms. The number of nitrogen functional groups attached to an aromatic ring is 1. The van der Waals surface area contributed by atoms with E-state index in [-0.39, 0.29) is 28.2 Å². The molecule has 16 heteroatoms. The van der Waals surface area contributed by atoms with Crippen molar-refractivity contribution in [3.05, 3.63) is 41.4 Å². The lowest BCUT2D eigenvalue weighted by molar-refractivity contribution is -0.188. The van der Waals surface area contributed by atoms with Crippen LogP contribution in [0.5, 0.6) is 0 Å². The second-order valence-electron chi connectivity index (χ2n) is 9.87. The van der Waals surface area contributed by atoms with Crippen LogP contribution in [0.1, 0.15) is 24.8 Å². The first-order chi connectivity index (χ1) is 19.5. The number of alkyl halides is 1. The number of hydrogen-bond acceptors (Lipinski definition) is 10. The first-order valence-electron chi connectivity index (χ1n) is 12.6. The van der Waals surface area contributed by atoms with Crippen molar-refractivity contribution in [2.75, 3.05) is 30.4 Å². The molecule has 1 amide bonds. The van der Waals surface area contributed by atoms with Crippen LogP contribution >= 0.6 is 11.6 Å². The molecule has 0 bridgehead atoms. The highest BCUT2D eigenvalue weighted by Crippen LogP contribution is 2.37. The number of carbonyl (C=O) groups excluding carboxylic acids is 1. The fourth-order valence-corrected chi connectivity index (χ4v) is 5.18. The van der Waals surface area contributed by atoms with Crippen LogP contribution in [0, 0.1) is 0 Å². The molecule has 0 aliphatic carbocycles. The number of fused-ring (bicyclic) bond motifs is 1. The summed E-state index contributed by atoms with van der Waals surface area (Å²) in [6.07, 6.45) is -0.890. The number of aliphatic carboxylic acids is 2. The number of halogens is 2. The topological polar surface area (TPSA) is 203 Å². The second-order valence-corrected chi connectivity index (χ2v) is 10.2. The molecule has 3 atom stereocenters. The second kappa shape index (κ2) is 10.8. The molecule has 218 valence electrons. The zero-order chi connectivity index (χ0) is 29.5. The number of anilines is 2. The predicted molar refractivity (Wildman–Crippen MR) is 140 cm³/mol. The molecule has 2 fully saturated rings. The van der Waals surface area contributed by atoms with E-state index >= 15 is 4.39 Å². The summed E-state index contributed by atoms with van der Waals surface area (Å²) in [5, 5.41) is 30.4. The monoisotopic (exact) mass is 592 g/mol. The largest absolute Gasteiger partial charge is 0.479 e. The number of benzene rings is 1. The maximum Gasteiger partial charge on any atom is 0.348 e. The number of rotatable bonds is 9. The Kier molecular flexibility index (Phi) is 7.54. The van der Waals surface area contributed by atoms with Crippen molar-refractivity contribution in [2.45, 2.75) is 49.3 Å². The molecule has 5 N–H and O–H groups in total. The summed E-state index contributed by atoms with van der Waals surface area (Å²) in [4.78, 5) is 50.0. The predicted octanol–water partition coefficient (Wildman–Crippen LogP) is 1.13. The number of hydrogen-bond donors (Lipinski definition) is 4. The number of nitrogens with two attached hydrogens (primary N) is 1. The van der Waals surface area contributed by atoms with Crippen LogP contribution in [0.3, 0.4) is 0 Å². The highest BCUT2D eigenvalue weighted by atomic mass is 35.5. The van der Waals surface area contributed by atoms with E-state index in [4.69, 9.17) is 26.8 Å². The van der Waals surface area contributed by atoms with Crippen LogP contribution in [0.15, 0.2) is 30.6 Å². The van der Waals surface area contributed by atoms with Crippen molar-refractivity contribution in [1.29, 1.82) is 0 Å². The molecule has 2 saturated heterocycles. The van der Waals surface area contributed by atoms with Crippen molar-refractivity contribution in [3.63, 3.8) is 0 Å². The molecule has 2 aromatic heterocycles. The van der Waals surface area contributed by atoms with Gasteiger partial charge in [0.1, 0.15) is 24.3 Å². The first-order valence-corrected chi connectivity index (χ1v) is 13.0. The van der Waals surface area contributed by atoms with Gasteiger partial charge in [0.25, 0.3) is 5.60 Å². The van der Waals surface area contributed by atoms with Crippen LogP contribution in [0.4, 0.5) is 15.9 Å². The number of ether oxygens (including phenoxy) is 2. The number of carboxylic acids is 2. The van der Waals surface area contributed by atoms with E-state index in [9.17, 15) is 29.7 Å². The number of nitrogens with zero attached hydrogens (tertiary/aromatic N) is 5. The molecule has 0 saturated carbocycles. The average molecular weight is 593 g/mol. The summed E-state index contributed by atoms with van der Waals surface area (Å²) in [6.45, 7) is -0.952. The summed E-state index contributed by atoms with van der Waals surface area (Å²) in [5.41, 5.74) is 3.80. The SMILES string of the molecule is Nc1nc(Cl)nc2c1ncn2[C@@]1(F)CO[C@H](COC(Cc2ccc(N3CCCCC3=O)cc2)(C(=O)O)C(=O)O)[C@H]1O. The summed E-state index contributed by atoms with van der Waals surface area (Å²) in [6, 6.07) is 6.23. The van der Waals surface area contributed by atoms with E-state index in [1.54, 1.807) is 17.0 Å². The Balaban J connectivity index is 1.34. The van der Waals surface area contributed by atoms with Crippen LogP contribution in [-0.2, 0) is 36.1 Å². The van der Waals surface area contributed by atoms with Gasteiger partial charge in [0.15, 0.2) is 11.5 Å². The minimum Gasteiger partial charge on any atom is -0.479 e. The molecule has 0 radical (unpaired) electrons. The lowest BCUT2D eigenvalue weighted by Gasteiger charge is -2.29. The Morgan fingerprint density at radius 2 is 1.93 bits per heavy atom. The van der Waals surface area contributed by atoms with Gasteiger partial charge in [-0.3, -0.25) is 9.36 Å². The minimum absolute atomic E-state index is 0.0282. The van der Waals surface area contributed by atoms with E-state index in [0.717, 1.165) is 23.7 Å². The molecule has 0 unspecified atom stereocenters. The van der Waals surface area contributed by atoms with E-state index in [1.807, 2.05) is 0 Å². The van der Waals surface area contributed by atoms with Crippen LogP contribution in [0.2, 0.25) is 5.28 Å². The third kappa shape index (κ3) is 5.05. The summed E-state index contributed by atoms with van der Waals surface area (Å²) in [7, 11) is 0. The Labute approximate surface area is 236 Å². The third-order valence-corrected chi connectivity index (χ3v) is 7.48. The van der Waals surface area contributed by atoms with Crippen molar-refractivity contribution in [1.82, 2.24) is 19.5 Å². The summed E-state index contributed by atoms with van der Waals surface area (Å²) < 4.78 is 27.8. The Morgan fingerprint density at radius 1 is 1.22 bits per heavy atom. The van der Waals surface area contributed by atoms with E-state index in [2.05, 4.69) is 15.0 Å². The van der Waals surface area contributed by atoms with Gasteiger partial charge in [0, 0.05) is 25.1 Å². The van der Waals surface area contributed by atoms with Gasteiger partial charge in [-0.1, -0.05) is 12.1 Å². The van der Waals surface area contributed by atoms with Crippen LogP contribution < -0.4 is 10.6 Å². The summed E-state index contributed by atoms with van der Waals surface area (Å²) in [5.74, 6) is -6.40. The van der Waals surface area contributed by atoms with Crippen LogP contribution in [-0.4, -0.2) is 90.3 Å². The van der Waals surface area contributed by atoms with Crippen molar-refractivity contribution in [3.8, 4) is 0 Å². The standard InChI is InChI=1S/C25H26ClFN6O8/c26-23-30-19(28)17-20(31-23)33(12-29-17)25(27)11-40-15(18(25)35)10-41-24(21(36)37,22(38)39)9-13-4-6-14(7-5-13)32-8-2-1-3-16(32)34/h4-7,12,15,18,35H,1-3,8-11H2,(H,36,37)(H,38,39)(H2,28,30,31)/t15-,18-,25+/m1/s1. The minimum atomic E-state index is -2.79. The number of aliphatic hydroxyl groups excluding tert-OH is 1. The molecule has 0 spiro atoms. The van der Waals surface area contributed by atoms with Crippen LogP contribution in [0.25, 0.3) is 11.2 Å². The molecular weight excluding hydrogens is 567 g/mol. The fourth-order valence-electron chi connectivity index (χ4n) is 5.00. The van der Waals surface area contributed by atoms with Gasteiger partial charge >= 0.3 is 11.9 Å². The average Bonchev–Trinajstić information content (AvgIpc) is 3.49. The quantitative estimate of drug-likeness (QED) is 0.204. The lowest BCUT2D eigenvalue weighted by atomic mass is 9.93. The Hall–Kier alpha value is -3.92. The molecule has 4 heterocycles. The van der Waals surface area contributed by atoms with E-state index in [0.29, 0.717) is 24.2 Å². The lowest BCUT2D eigenvalue weighted by Crippen LogP contribution is -2.53. The Bertz CT molecular complexity index is 1490.